The summed E-state index contributed by atoms with van der Waals surface area (Å²) in [7, 11) is 0. The molecule has 0 fully saturated rings. The third kappa shape index (κ3) is 6.22. The first-order chi connectivity index (χ1) is 14.0. The first-order valence-corrected chi connectivity index (χ1v) is 10.6. The lowest BCUT2D eigenvalue weighted by Gasteiger charge is -2.08. The van der Waals surface area contributed by atoms with E-state index in [1.165, 1.54) is 5.56 Å². The van der Waals surface area contributed by atoms with E-state index in [0.717, 1.165) is 22.5 Å². The van der Waals surface area contributed by atoms with Gasteiger partial charge in [-0.15, -0.1) is 11.8 Å². The van der Waals surface area contributed by atoms with Gasteiger partial charge in [0.15, 0.2) is 0 Å². The summed E-state index contributed by atoms with van der Waals surface area (Å²) >= 11 is 1.55. The van der Waals surface area contributed by atoms with Gasteiger partial charge in [-0.25, -0.2) is 0 Å². The molecule has 5 heteroatoms. The van der Waals surface area contributed by atoms with Crippen molar-refractivity contribution in [1.82, 2.24) is 0 Å². The minimum Gasteiger partial charge on any atom is -0.325 e. The van der Waals surface area contributed by atoms with Crippen LogP contribution in [-0.4, -0.2) is 17.6 Å². The van der Waals surface area contributed by atoms with Crippen molar-refractivity contribution in [1.29, 1.82) is 0 Å². The number of carbonyl (C=O) groups is 2. The molecule has 0 bridgehead atoms. The summed E-state index contributed by atoms with van der Waals surface area (Å²) in [6, 6.07) is 22.8. The fourth-order valence-electron chi connectivity index (χ4n) is 2.75. The second-order valence-corrected chi connectivity index (χ2v) is 7.84. The smallest absolute Gasteiger partial charge is 0.255 e. The molecule has 3 aromatic carbocycles. The van der Waals surface area contributed by atoms with Gasteiger partial charge in [-0.1, -0.05) is 36.4 Å². The highest BCUT2D eigenvalue weighted by Crippen LogP contribution is 2.17. The summed E-state index contributed by atoms with van der Waals surface area (Å²) in [5.41, 5.74) is 5.64. The number of rotatable bonds is 7. The average Bonchev–Trinajstić information content (AvgIpc) is 2.72. The number of hydrogen-bond donors (Lipinski definition) is 2. The Balaban J connectivity index is 1.45. The van der Waals surface area contributed by atoms with E-state index in [4.69, 9.17) is 0 Å². The molecule has 148 valence electrons. The minimum atomic E-state index is -0.136. The number of nitrogens with one attached hydrogen (secondary N) is 2. The van der Waals surface area contributed by atoms with Crippen LogP contribution in [-0.2, 0) is 10.5 Å². The zero-order chi connectivity index (χ0) is 20.6. The number of para-hydroxylation sites is 1. The number of hydrogen-bond acceptors (Lipinski definition) is 3. The van der Waals surface area contributed by atoms with Crippen molar-refractivity contribution >= 4 is 35.0 Å². The van der Waals surface area contributed by atoms with Crippen molar-refractivity contribution < 1.29 is 9.59 Å². The van der Waals surface area contributed by atoms with E-state index >= 15 is 0 Å². The number of thioether (sulfide) groups is 1. The highest BCUT2D eigenvalue weighted by Gasteiger charge is 2.07. The minimum absolute atomic E-state index is 0.0166. The molecule has 4 nitrogen and oxygen atoms in total. The van der Waals surface area contributed by atoms with Gasteiger partial charge >= 0.3 is 0 Å². The lowest BCUT2D eigenvalue weighted by molar-refractivity contribution is -0.113. The van der Waals surface area contributed by atoms with Crippen LogP contribution in [0.25, 0.3) is 0 Å². The van der Waals surface area contributed by atoms with E-state index in [9.17, 15) is 9.59 Å². The van der Waals surface area contributed by atoms with E-state index in [1.807, 2.05) is 86.6 Å². The Kier molecular flexibility index (Phi) is 7.09. The van der Waals surface area contributed by atoms with Gasteiger partial charge in [0, 0.05) is 22.7 Å². The number of benzene rings is 3. The molecule has 2 N–H and O–H groups in total. The molecule has 0 aliphatic rings. The normalized spacial score (nSPS) is 10.4. The predicted octanol–water partition coefficient (Wildman–Crippen LogP) is 5.43. The van der Waals surface area contributed by atoms with Gasteiger partial charge in [-0.3, -0.25) is 9.59 Å². The maximum atomic E-state index is 12.3. The van der Waals surface area contributed by atoms with Crippen LogP contribution in [0.2, 0.25) is 0 Å². The van der Waals surface area contributed by atoms with Crippen molar-refractivity contribution in [2.24, 2.45) is 0 Å². The first-order valence-electron chi connectivity index (χ1n) is 9.41. The van der Waals surface area contributed by atoms with Crippen LogP contribution in [0.3, 0.4) is 0 Å². The SMILES string of the molecule is Cc1ccc(NC(=O)CSCc2ccc(C(=O)Nc3ccccc3)cc2)cc1C. The van der Waals surface area contributed by atoms with E-state index in [-0.39, 0.29) is 11.8 Å². The molecule has 0 radical (unpaired) electrons. The molecular weight excluding hydrogens is 380 g/mol. The van der Waals surface area contributed by atoms with Crippen LogP contribution in [0.15, 0.2) is 72.8 Å². The lowest BCUT2D eigenvalue weighted by Crippen LogP contribution is -2.14. The largest absolute Gasteiger partial charge is 0.325 e. The Hall–Kier alpha value is -3.05. The summed E-state index contributed by atoms with van der Waals surface area (Å²) in [5.74, 6) is 0.935. The quantitative estimate of drug-likeness (QED) is 0.552. The van der Waals surface area contributed by atoms with Crippen molar-refractivity contribution in [3.8, 4) is 0 Å². The molecular formula is C24H24N2O2S. The predicted molar refractivity (Wildman–Crippen MR) is 122 cm³/mol. The monoisotopic (exact) mass is 404 g/mol. The second-order valence-electron chi connectivity index (χ2n) is 6.86. The standard InChI is InChI=1S/C24H24N2O2S/c1-17-8-13-22(14-18(17)2)25-23(27)16-29-15-19-9-11-20(12-10-19)24(28)26-21-6-4-3-5-7-21/h3-14H,15-16H2,1-2H3,(H,25,27)(H,26,28). The van der Waals surface area contributed by atoms with Crippen LogP contribution in [0.4, 0.5) is 11.4 Å². The number of anilines is 2. The van der Waals surface area contributed by atoms with Crippen molar-refractivity contribution in [3.63, 3.8) is 0 Å². The van der Waals surface area contributed by atoms with Crippen LogP contribution < -0.4 is 10.6 Å². The highest BCUT2D eigenvalue weighted by molar-refractivity contribution is 7.99. The molecule has 0 atom stereocenters. The third-order valence-electron chi connectivity index (χ3n) is 4.54. The Morgan fingerprint density at radius 1 is 0.793 bits per heavy atom. The van der Waals surface area contributed by atoms with Crippen molar-refractivity contribution in [2.75, 3.05) is 16.4 Å². The molecule has 0 saturated heterocycles. The molecule has 0 saturated carbocycles. The summed E-state index contributed by atoms with van der Waals surface area (Å²) in [6.45, 7) is 4.08. The Morgan fingerprint density at radius 2 is 1.52 bits per heavy atom. The summed E-state index contributed by atoms with van der Waals surface area (Å²) < 4.78 is 0. The zero-order valence-electron chi connectivity index (χ0n) is 16.6. The molecule has 0 aliphatic heterocycles. The van der Waals surface area contributed by atoms with Crippen LogP contribution >= 0.6 is 11.8 Å². The third-order valence-corrected chi connectivity index (χ3v) is 5.54. The van der Waals surface area contributed by atoms with E-state index < -0.39 is 0 Å². The molecule has 0 unspecified atom stereocenters. The summed E-state index contributed by atoms with van der Waals surface area (Å²) in [6.07, 6.45) is 0. The highest BCUT2D eigenvalue weighted by atomic mass is 32.2. The van der Waals surface area contributed by atoms with Crippen LogP contribution in [0.5, 0.6) is 0 Å². The summed E-state index contributed by atoms with van der Waals surface area (Å²) in [5, 5.41) is 5.80. The fourth-order valence-corrected chi connectivity index (χ4v) is 3.54. The van der Waals surface area contributed by atoms with Crippen molar-refractivity contribution in [2.45, 2.75) is 19.6 Å². The molecule has 0 aliphatic carbocycles. The van der Waals surface area contributed by atoms with Gasteiger partial charge < -0.3 is 10.6 Å². The van der Waals surface area contributed by atoms with Crippen LogP contribution in [0.1, 0.15) is 27.0 Å². The van der Waals surface area contributed by atoms with Gasteiger partial charge in [-0.05, 0) is 66.9 Å². The molecule has 3 aromatic rings. The lowest BCUT2D eigenvalue weighted by atomic mass is 10.1. The molecule has 0 aromatic heterocycles. The summed E-state index contributed by atoms with van der Waals surface area (Å²) in [4.78, 5) is 24.4. The number of carbonyl (C=O) groups excluding carboxylic acids is 2. The van der Waals surface area contributed by atoms with E-state index in [2.05, 4.69) is 10.6 Å². The molecule has 0 spiro atoms. The number of amides is 2. The van der Waals surface area contributed by atoms with Gasteiger partial charge in [0.05, 0.1) is 5.75 Å². The Labute approximate surface area is 175 Å². The topological polar surface area (TPSA) is 58.2 Å². The molecule has 2 amide bonds. The average molecular weight is 405 g/mol. The zero-order valence-corrected chi connectivity index (χ0v) is 17.4. The molecule has 3 rings (SSSR count). The number of aryl methyl sites for hydroxylation is 2. The maximum absolute atomic E-state index is 12.3. The Bertz CT molecular complexity index is 986. The van der Waals surface area contributed by atoms with Crippen molar-refractivity contribution in [3.05, 3.63) is 95.1 Å². The molecule has 29 heavy (non-hydrogen) atoms. The fraction of sp³-hybridized carbons (Fsp3) is 0.167. The van der Waals surface area contributed by atoms with Gasteiger partial charge in [0.1, 0.15) is 0 Å². The first kappa shape index (κ1) is 20.7. The van der Waals surface area contributed by atoms with Crippen LogP contribution in [0, 0.1) is 13.8 Å². The maximum Gasteiger partial charge on any atom is 0.255 e. The second kappa shape index (κ2) is 9.94. The van der Waals surface area contributed by atoms with Gasteiger partial charge in [0.25, 0.3) is 5.91 Å². The van der Waals surface area contributed by atoms with E-state index in [1.54, 1.807) is 11.8 Å². The molecule has 0 heterocycles. The Morgan fingerprint density at radius 3 is 2.21 bits per heavy atom. The van der Waals surface area contributed by atoms with E-state index in [0.29, 0.717) is 17.1 Å². The van der Waals surface area contributed by atoms with Gasteiger partial charge in [0.2, 0.25) is 5.91 Å². The van der Waals surface area contributed by atoms with Gasteiger partial charge in [-0.2, -0.15) is 0 Å².